The molecule has 0 unspecified atom stereocenters. The molecule has 1 aromatic rings. The van der Waals surface area contributed by atoms with Crippen molar-refractivity contribution in [3.63, 3.8) is 0 Å². The van der Waals surface area contributed by atoms with Crippen molar-refractivity contribution in [2.24, 2.45) is 12.5 Å². The highest BCUT2D eigenvalue weighted by Crippen LogP contribution is 2.15. The molecule has 90 valence electrons. The minimum absolute atomic E-state index is 0.360. The van der Waals surface area contributed by atoms with Crippen LogP contribution in [-0.4, -0.2) is 11.1 Å². The fourth-order valence-electron chi connectivity index (χ4n) is 1.60. The van der Waals surface area contributed by atoms with E-state index in [0.29, 0.717) is 18.8 Å². The molecule has 17 heavy (non-hydrogen) atoms. The number of hydrogen-bond donors (Lipinski definition) is 1. The summed E-state index contributed by atoms with van der Waals surface area (Å²) in [6.07, 6.45) is 0. The summed E-state index contributed by atoms with van der Waals surface area (Å²) in [5.74, 6) is 0. The molecule has 0 radical (unpaired) electrons. The maximum absolute atomic E-state index is 8.91. The topological polar surface area (TPSA) is 64.5 Å². The highest BCUT2D eigenvalue weighted by Gasteiger charge is 2.16. The highest BCUT2D eigenvalue weighted by atomic mass is 15.0. The second kappa shape index (κ2) is 5.03. The van der Waals surface area contributed by atoms with Crippen LogP contribution in [0.3, 0.4) is 0 Å². The summed E-state index contributed by atoms with van der Waals surface area (Å²) in [6, 6.07) is 6.30. The zero-order valence-corrected chi connectivity index (χ0v) is 10.8. The van der Waals surface area contributed by atoms with Crippen molar-refractivity contribution < 1.29 is 0 Å². The second-order valence-electron chi connectivity index (χ2n) is 4.91. The Morgan fingerprint density at radius 1 is 1.41 bits per heavy atom. The lowest BCUT2D eigenvalue weighted by atomic mass is 9.96. The molecule has 4 nitrogen and oxygen atoms in total. The van der Waals surface area contributed by atoms with Crippen molar-refractivity contribution in [1.29, 1.82) is 10.5 Å². The fourth-order valence-corrected chi connectivity index (χ4v) is 1.60. The monoisotopic (exact) mass is 230 g/mol. The Hall–Kier alpha value is -1.78. The van der Waals surface area contributed by atoms with Crippen molar-refractivity contribution in [3.8, 4) is 12.1 Å². The fraction of sp³-hybridized carbons (Fsp3) is 0.538. The molecule has 0 amide bonds. The van der Waals surface area contributed by atoms with E-state index in [1.54, 1.807) is 0 Å². The van der Waals surface area contributed by atoms with Gasteiger partial charge < -0.3 is 9.88 Å². The van der Waals surface area contributed by atoms with Crippen LogP contribution >= 0.6 is 0 Å². The Morgan fingerprint density at radius 3 is 2.53 bits per heavy atom. The van der Waals surface area contributed by atoms with E-state index >= 15 is 0 Å². The van der Waals surface area contributed by atoms with E-state index in [2.05, 4.69) is 17.5 Å². The molecule has 0 aliphatic rings. The summed E-state index contributed by atoms with van der Waals surface area (Å²) < 4.78 is 1.88. The summed E-state index contributed by atoms with van der Waals surface area (Å²) in [6.45, 7) is 7.12. The van der Waals surface area contributed by atoms with Gasteiger partial charge in [-0.15, -0.1) is 0 Å². The number of nitrogens with zero attached hydrogens (tertiary/aromatic N) is 3. The van der Waals surface area contributed by atoms with E-state index in [9.17, 15) is 0 Å². The van der Waals surface area contributed by atoms with E-state index in [-0.39, 0.29) is 5.41 Å². The smallest absolute Gasteiger partial charge is 0.120 e. The molecule has 0 aliphatic heterocycles. The predicted molar refractivity (Wildman–Crippen MR) is 66.0 cm³/mol. The lowest BCUT2D eigenvalue weighted by Crippen LogP contribution is -2.27. The highest BCUT2D eigenvalue weighted by molar-refractivity contribution is 5.34. The Kier molecular flexibility index (Phi) is 3.93. The summed E-state index contributed by atoms with van der Waals surface area (Å²) in [7, 11) is 1.89. The molecule has 1 heterocycles. The van der Waals surface area contributed by atoms with E-state index in [1.807, 2.05) is 38.5 Å². The van der Waals surface area contributed by atoms with Crippen LogP contribution < -0.4 is 5.32 Å². The molecule has 1 rings (SSSR count). The van der Waals surface area contributed by atoms with E-state index < -0.39 is 0 Å². The normalized spacial score (nSPS) is 10.9. The molecule has 0 aromatic carbocycles. The third kappa shape index (κ3) is 3.09. The number of nitrogens with one attached hydrogen (secondary N) is 1. The summed E-state index contributed by atoms with van der Waals surface area (Å²) in [5.41, 5.74) is 2.50. The number of aromatic nitrogens is 1. The SMILES string of the molecule is Cc1c(CNCC(C)(C)C#N)cc(C#N)n1C. The van der Waals surface area contributed by atoms with Gasteiger partial charge in [-0.1, -0.05) is 0 Å². The van der Waals surface area contributed by atoms with Crippen LogP contribution in [-0.2, 0) is 13.6 Å². The van der Waals surface area contributed by atoms with Crippen LogP contribution in [0.1, 0.15) is 30.8 Å². The zero-order chi connectivity index (χ0) is 13.1. The predicted octanol–water partition coefficient (Wildman–Crippen LogP) is 1.84. The first-order valence-electron chi connectivity index (χ1n) is 5.58. The second-order valence-corrected chi connectivity index (χ2v) is 4.91. The van der Waals surface area contributed by atoms with Gasteiger partial charge in [0.2, 0.25) is 0 Å². The molecular weight excluding hydrogens is 212 g/mol. The van der Waals surface area contributed by atoms with Crippen molar-refractivity contribution >= 4 is 0 Å². The van der Waals surface area contributed by atoms with Gasteiger partial charge in [-0.3, -0.25) is 0 Å². The molecule has 0 saturated heterocycles. The van der Waals surface area contributed by atoms with Gasteiger partial charge in [0.1, 0.15) is 11.8 Å². The zero-order valence-electron chi connectivity index (χ0n) is 10.8. The van der Waals surface area contributed by atoms with E-state index in [1.165, 1.54) is 0 Å². The Bertz CT molecular complexity index is 483. The average molecular weight is 230 g/mol. The van der Waals surface area contributed by atoms with Gasteiger partial charge in [0, 0.05) is 25.8 Å². The minimum Gasteiger partial charge on any atom is -0.340 e. The van der Waals surface area contributed by atoms with Crippen LogP contribution in [0, 0.1) is 35.0 Å². The third-order valence-electron chi connectivity index (χ3n) is 2.94. The maximum Gasteiger partial charge on any atom is 0.120 e. The molecule has 0 aliphatic carbocycles. The first-order valence-corrected chi connectivity index (χ1v) is 5.58. The quantitative estimate of drug-likeness (QED) is 0.858. The van der Waals surface area contributed by atoms with E-state index in [4.69, 9.17) is 10.5 Å². The lowest BCUT2D eigenvalue weighted by molar-refractivity contribution is 0.444. The van der Waals surface area contributed by atoms with Crippen molar-refractivity contribution in [2.45, 2.75) is 27.3 Å². The molecule has 1 N–H and O–H groups in total. The molecule has 4 heteroatoms. The summed E-state index contributed by atoms with van der Waals surface area (Å²) >= 11 is 0. The van der Waals surface area contributed by atoms with Gasteiger partial charge in [0.05, 0.1) is 11.5 Å². The van der Waals surface area contributed by atoms with Crippen molar-refractivity contribution in [3.05, 3.63) is 23.0 Å². The first-order chi connectivity index (χ1) is 7.91. The van der Waals surface area contributed by atoms with Gasteiger partial charge in [-0.05, 0) is 32.4 Å². The van der Waals surface area contributed by atoms with Crippen LogP contribution in [0.2, 0.25) is 0 Å². The Labute approximate surface area is 102 Å². The number of nitriles is 2. The molecule has 0 spiro atoms. The lowest BCUT2D eigenvalue weighted by Gasteiger charge is -2.15. The van der Waals surface area contributed by atoms with Gasteiger partial charge >= 0.3 is 0 Å². The Balaban J connectivity index is 2.66. The molecule has 0 bridgehead atoms. The maximum atomic E-state index is 8.91. The van der Waals surface area contributed by atoms with Crippen LogP contribution in [0.5, 0.6) is 0 Å². The molecule has 0 saturated carbocycles. The average Bonchev–Trinajstić information content (AvgIpc) is 2.57. The standard InChI is InChI=1S/C13H18N4/c1-10-11(5-12(6-14)17(10)4)7-16-9-13(2,3)8-15/h5,16H,7,9H2,1-4H3. The van der Waals surface area contributed by atoms with Crippen LogP contribution in [0.4, 0.5) is 0 Å². The number of rotatable bonds is 4. The van der Waals surface area contributed by atoms with Gasteiger partial charge in [0.15, 0.2) is 0 Å². The third-order valence-corrected chi connectivity index (χ3v) is 2.94. The van der Waals surface area contributed by atoms with Crippen molar-refractivity contribution in [2.75, 3.05) is 6.54 Å². The van der Waals surface area contributed by atoms with Gasteiger partial charge in [-0.2, -0.15) is 10.5 Å². The Morgan fingerprint density at radius 2 is 2.06 bits per heavy atom. The van der Waals surface area contributed by atoms with Gasteiger partial charge in [-0.25, -0.2) is 0 Å². The van der Waals surface area contributed by atoms with Crippen molar-refractivity contribution in [1.82, 2.24) is 9.88 Å². The molecule has 0 fully saturated rings. The molecule has 0 atom stereocenters. The molecule has 1 aromatic heterocycles. The van der Waals surface area contributed by atoms with Gasteiger partial charge in [0.25, 0.3) is 0 Å². The summed E-state index contributed by atoms with van der Waals surface area (Å²) in [5, 5.41) is 21.1. The molecular formula is C13H18N4. The summed E-state index contributed by atoms with van der Waals surface area (Å²) in [4.78, 5) is 0. The minimum atomic E-state index is -0.360. The number of hydrogen-bond acceptors (Lipinski definition) is 3. The van der Waals surface area contributed by atoms with Crippen LogP contribution in [0.15, 0.2) is 6.07 Å². The first kappa shape index (κ1) is 13.3. The van der Waals surface area contributed by atoms with E-state index in [0.717, 1.165) is 11.3 Å². The van der Waals surface area contributed by atoms with Crippen LogP contribution in [0.25, 0.3) is 0 Å². The largest absolute Gasteiger partial charge is 0.340 e.